The predicted octanol–water partition coefficient (Wildman–Crippen LogP) is 3.40. The van der Waals surface area contributed by atoms with Gasteiger partial charge in [-0.25, -0.2) is 4.98 Å². The summed E-state index contributed by atoms with van der Waals surface area (Å²) in [7, 11) is 0. The summed E-state index contributed by atoms with van der Waals surface area (Å²) in [5, 5.41) is 0.759. The number of carbonyl (C=O) groups is 2. The highest BCUT2D eigenvalue weighted by Crippen LogP contribution is 2.26. The third kappa shape index (κ3) is 4.77. The zero-order valence-corrected chi connectivity index (χ0v) is 18.0. The van der Waals surface area contributed by atoms with E-state index in [0.717, 1.165) is 61.6 Å². The van der Waals surface area contributed by atoms with Crippen molar-refractivity contribution >= 4 is 34.6 Å². The van der Waals surface area contributed by atoms with Gasteiger partial charge in [-0.1, -0.05) is 30.8 Å². The number of piperidine rings is 2. The van der Waals surface area contributed by atoms with E-state index < -0.39 is 0 Å². The first kappa shape index (κ1) is 20.3. The number of imidazole rings is 1. The molecule has 4 rings (SSSR count). The molecule has 2 fully saturated rings. The van der Waals surface area contributed by atoms with Crippen LogP contribution in [0, 0.1) is 5.92 Å². The minimum atomic E-state index is 0.144. The molecule has 1 atom stereocenters. The molecule has 0 saturated carbocycles. The van der Waals surface area contributed by atoms with E-state index in [1.807, 2.05) is 38.6 Å². The lowest BCUT2D eigenvalue weighted by molar-refractivity contribution is -0.132. The normalized spacial score (nSPS) is 20.2. The lowest BCUT2D eigenvalue weighted by Crippen LogP contribution is -2.40. The van der Waals surface area contributed by atoms with E-state index in [4.69, 9.17) is 4.98 Å². The van der Waals surface area contributed by atoms with Crippen LogP contribution in [0.4, 0.5) is 0 Å². The Balaban J connectivity index is 1.48. The number of fused-ring (bicyclic) bond motifs is 1. The molecule has 0 aliphatic carbocycles. The van der Waals surface area contributed by atoms with Gasteiger partial charge in [0.05, 0.1) is 16.8 Å². The Morgan fingerprint density at radius 1 is 1.03 bits per heavy atom. The highest BCUT2D eigenvalue weighted by molar-refractivity contribution is 7.99. The van der Waals surface area contributed by atoms with Crippen LogP contribution in [-0.2, 0) is 16.1 Å². The van der Waals surface area contributed by atoms with E-state index in [2.05, 4.69) is 6.92 Å². The van der Waals surface area contributed by atoms with E-state index >= 15 is 0 Å². The third-order valence-electron chi connectivity index (χ3n) is 5.96. The molecule has 1 aromatic heterocycles. The summed E-state index contributed by atoms with van der Waals surface area (Å²) in [4.78, 5) is 34.3. The minimum absolute atomic E-state index is 0.144. The number of rotatable bonds is 5. The van der Waals surface area contributed by atoms with E-state index in [9.17, 15) is 9.59 Å². The van der Waals surface area contributed by atoms with Crippen molar-refractivity contribution in [3.05, 3.63) is 24.3 Å². The molecule has 0 spiro atoms. The average molecular weight is 415 g/mol. The van der Waals surface area contributed by atoms with E-state index in [1.165, 1.54) is 24.6 Å². The van der Waals surface area contributed by atoms with Gasteiger partial charge in [-0.05, 0) is 50.2 Å². The minimum Gasteiger partial charge on any atom is -0.342 e. The largest absolute Gasteiger partial charge is 0.342 e. The Morgan fingerprint density at radius 3 is 2.59 bits per heavy atom. The van der Waals surface area contributed by atoms with Gasteiger partial charge >= 0.3 is 0 Å². The van der Waals surface area contributed by atoms with Crippen molar-refractivity contribution in [1.82, 2.24) is 19.4 Å². The van der Waals surface area contributed by atoms with Crippen molar-refractivity contribution < 1.29 is 9.59 Å². The highest BCUT2D eigenvalue weighted by Gasteiger charge is 2.23. The Hall–Kier alpha value is -2.02. The van der Waals surface area contributed by atoms with Crippen LogP contribution in [0.5, 0.6) is 0 Å². The molecule has 7 heteroatoms. The maximum absolute atomic E-state index is 12.9. The molecule has 0 unspecified atom stereocenters. The van der Waals surface area contributed by atoms with Gasteiger partial charge in [0, 0.05) is 26.2 Å². The molecule has 2 saturated heterocycles. The molecule has 0 bridgehead atoms. The molecule has 6 nitrogen and oxygen atoms in total. The van der Waals surface area contributed by atoms with Crippen LogP contribution >= 0.6 is 11.8 Å². The number of para-hydroxylation sites is 2. The van der Waals surface area contributed by atoms with Crippen molar-refractivity contribution in [1.29, 1.82) is 0 Å². The van der Waals surface area contributed by atoms with Crippen molar-refractivity contribution in [2.75, 3.05) is 31.9 Å². The lowest BCUT2D eigenvalue weighted by atomic mass is 10.0. The topological polar surface area (TPSA) is 58.4 Å². The van der Waals surface area contributed by atoms with Crippen LogP contribution in [-0.4, -0.2) is 63.1 Å². The molecular weight excluding hydrogens is 384 g/mol. The fourth-order valence-corrected chi connectivity index (χ4v) is 5.25. The molecule has 2 amide bonds. The second-order valence-corrected chi connectivity index (χ2v) is 9.23. The van der Waals surface area contributed by atoms with Crippen LogP contribution < -0.4 is 0 Å². The zero-order valence-electron chi connectivity index (χ0n) is 17.2. The summed E-state index contributed by atoms with van der Waals surface area (Å²) in [6, 6.07) is 7.90. The fourth-order valence-electron chi connectivity index (χ4n) is 4.33. The summed E-state index contributed by atoms with van der Waals surface area (Å²) in [6.07, 6.45) is 5.66. The van der Waals surface area contributed by atoms with E-state index in [0.29, 0.717) is 11.7 Å². The summed E-state index contributed by atoms with van der Waals surface area (Å²) in [6.45, 7) is 5.89. The fraction of sp³-hybridized carbons (Fsp3) is 0.591. The Labute approximate surface area is 176 Å². The predicted molar refractivity (Wildman–Crippen MR) is 116 cm³/mol. The maximum atomic E-state index is 12.9. The SMILES string of the molecule is C[C@H]1CCCN(C(=O)CSc2nc3ccccc3n2CC(=O)N2CCCCC2)C1. The zero-order chi connectivity index (χ0) is 20.2. The summed E-state index contributed by atoms with van der Waals surface area (Å²) >= 11 is 1.45. The van der Waals surface area contributed by atoms with Gasteiger partial charge < -0.3 is 14.4 Å². The van der Waals surface area contributed by atoms with Gasteiger partial charge in [-0.2, -0.15) is 0 Å². The van der Waals surface area contributed by atoms with Gasteiger partial charge in [-0.15, -0.1) is 0 Å². The monoisotopic (exact) mass is 414 g/mol. The number of amides is 2. The number of carbonyl (C=O) groups excluding carboxylic acids is 2. The molecule has 2 aromatic rings. The Bertz CT molecular complexity index is 875. The number of hydrogen-bond donors (Lipinski definition) is 0. The smallest absolute Gasteiger partial charge is 0.242 e. The molecule has 3 heterocycles. The number of likely N-dealkylation sites (tertiary alicyclic amines) is 2. The van der Waals surface area contributed by atoms with Gasteiger partial charge in [-0.3, -0.25) is 9.59 Å². The van der Waals surface area contributed by atoms with Crippen LogP contribution in [0.25, 0.3) is 11.0 Å². The Morgan fingerprint density at radius 2 is 1.79 bits per heavy atom. The molecule has 29 heavy (non-hydrogen) atoms. The maximum Gasteiger partial charge on any atom is 0.242 e. The first-order chi connectivity index (χ1) is 14.1. The summed E-state index contributed by atoms with van der Waals surface area (Å²) < 4.78 is 1.99. The molecule has 1 aromatic carbocycles. The Kier molecular flexibility index (Phi) is 6.43. The van der Waals surface area contributed by atoms with Crippen molar-refractivity contribution in [3.8, 4) is 0 Å². The van der Waals surface area contributed by atoms with Gasteiger partial charge in [0.15, 0.2) is 5.16 Å². The number of benzene rings is 1. The summed E-state index contributed by atoms with van der Waals surface area (Å²) in [5.74, 6) is 1.26. The second-order valence-electron chi connectivity index (χ2n) is 8.29. The van der Waals surface area contributed by atoms with Crippen LogP contribution in [0.2, 0.25) is 0 Å². The molecule has 156 valence electrons. The number of hydrogen-bond acceptors (Lipinski definition) is 4. The highest BCUT2D eigenvalue weighted by atomic mass is 32.2. The molecular formula is C22H30N4O2S. The molecule has 2 aliphatic heterocycles. The van der Waals surface area contributed by atoms with Gasteiger partial charge in [0.2, 0.25) is 11.8 Å². The first-order valence-corrected chi connectivity index (χ1v) is 11.7. The number of aromatic nitrogens is 2. The van der Waals surface area contributed by atoms with Crippen molar-refractivity contribution in [3.63, 3.8) is 0 Å². The average Bonchev–Trinajstić information content (AvgIpc) is 3.10. The lowest BCUT2D eigenvalue weighted by Gasteiger charge is -2.30. The van der Waals surface area contributed by atoms with Crippen LogP contribution in [0.3, 0.4) is 0 Å². The third-order valence-corrected chi connectivity index (χ3v) is 6.92. The number of thioether (sulfide) groups is 1. The standard InChI is InChI=1S/C22H30N4O2S/c1-17-8-7-13-25(14-17)21(28)16-29-22-23-18-9-3-4-10-19(18)26(22)15-20(27)24-11-5-2-6-12-24/h3-4,9-10,17H,2,5-8,11-16H2,1H3/t17-/m0/s1. The van der Waals surface area contributed by atoms with E-state index in [-0.39, 0.29) is 18.4 Å². The molecule has 2 aliphatic rings. The summed E-state index contributed by atoms with van der Waals surface area (Å²) in [5.41, 5.74) is 1.83. The van der Waals surface area contributed by atoms with E-state index in [1.54, 1.807) is 0 Å². The number of nitrogens with zero attached hydrogens (tertiary/aromatic N) is 4. The molecule has 0 N–H and O–H groups in total. The van der Waals surface area contributed by atoms with Crippen molar-refractivity contribution in [2.45, 2.75) is 50.7 Å². The van der Waals surface area contributed by atoms with Crippen LogP contribution in [0.15, 0.2) is 29.4 Å². The quantitative estimate of drug-likeness (QED) is 0.704. The second kappa shape index (κ2) is 9.20. The molecule has 0 radical (unpaired) electrons. The van der Waals surface area contributed by atoms with Crippen LogP contribution in [0.1, 0.15) is 39.0 Å². The van der Waals surface area contributed by atoms with Gasteiger partial charge in [0.25, 0.3) is 0 Å². The first-order valence-electron chi connectivity index (χ1n) is 10.8. The van der Waals surface area contributed by atoms with Gasteiger partial charge in [0.1, 0.15) is 6.54 Å². The van der Waals surface area contributed by atoms with Crippen molar-refractivity contribution in [2.24, 2.45) is 5.92 Å².